The zero-order valence-corrected chi connectivity index (χ0v) is 18.7. The number of piperazine rings is 1. The fraction of sp³-hybridized carbons (Fsp3) is 0.500. The van der Waals surface area contributed by atoms with Gasteiger partial charge in [-0.15, -0.1) is 0 Å². The van der Waals surface area contributed by atoms with Crippen molar-refractivity contribution in [1.82, 2.24) is 24.0 Å². The smallest absolute Gasteiger partial charge is 0.329 e. The van der Waals surface area contributed by atoms with Gasteiger partial charge in [0, 0.05) is 33.2 Å². The zero-order valence-electron chi connectivity index (χ0n) is 18.7. The van der Waals surface area contributed by atoms with Gasteiger partial charge in [-0.3, -0.25) is 14.3 Å². The maximum Gasteiger partial charge on any atom is 0.329 e. The summed E-state index contributed by atoms with van der Waals surface area (Å²) in [6, 6.07) is 7.76. The molecular weight excluding hydrogens is 412 g/mol. The predicted molar refractivity (Wildman–Crippen MR) is 123 cm³/mol. The van der Waals surface area contributed by atoms with Crippen LogP contribution in [-0.2, 0) is 20.0 Å². The Morgan fingerprint density at radius 3 is 2.66 bits per heavy atom. The third-order valence-electron chi connectivity index (χ3n) is 5.92. The number of aryl methyl sites for hydroxylation is 2. The highest BCUT2D eigenvalue weighted by molar-refractivity contribution is 5.74. The van der Waals surface area contributed by atoms with E-state index in [1.165, 1.54) is 4.57 Å². The number of hydrogen-bond donors (Lipinski definition) is 2. The number of nitrogens with one attached hydrogen (secondary N) is 1. The van der Waals surface area contributed by atoms with Gasteiger partial charge >= 0.3 is 5.69 Å². The Labute approximate surface area is 185 Å². The minimum atomic E-state index is -0.875. The number of H-pyrrole nitrogens is 1. The topological polar surface area (TPSA) is 109 Å². The first-order valence-corrected chi connectivity index (χ1v) is 10.9. The van der Waals surface area contributed by atoms with E-state index in [1.54, 1.807) is 11.6 Å². The Morgan fingerprint density at radius 2 is 1.94 bits per heavy atom. The largest absolute Gasteiger partial charge is 0.491 e. The highest BCUT2D eigenvalue weighted by Gasteiger charge is 2.25. The van der Waals surface area contributed by atoms with Crippen molar-refractivity contribution < 1.29 is 9.84 Å². The van der Waals surface area contributed by atoms with Crippen molar-refractivity contribution in [2.45, 2.75) is 26.0 Å². The van der Waals surface area contributed by atoms with Crippen LogP contribution >= 0.6 is 0 Å². The summed E-state index contributed by atoms with van der Waals surface area (Å²) in [6.07, 6.45) is 0.0250. The van der Waals surface area contributed by atoms with Gasteiger partial charge in [0.15, 0.2) is 11.2 Å². The number of imidazole rings is 1. The number of aliphatic hydroxyl groups is 1. The molecule has 0 radical (unpaired) electrons. The fourth-order valence-corrected chi connectivity index (χ4v) is 3.95. The van der Waals surface area contributed by atoms with Gasteiger partial charge in [0.05, 0.1) is 6.54 Å². The van der Waals surface area contributed by atoms with E-state index in [4.69, 9.17) is 4.74 Å². The summed E-state index contributed by atoms with van der Waals surface area (Å²) >= 11 is 0. The van der Waals surface area contributed by atoms with Crippen LogP contribution in [0.4, 0.5) is 5.95 Å². The van der Waals surface area contributed by atoms with Crippen molar-refractivity contribution in [2.24, 2.45) is 7.05 Å². The molecule has 1 aliphatic rings. The highest BCUT2D eigenvalue weighted by Crippen LogP contribution is 2.22. The van der Waals surface area contributed by atoms with Crippen LogP contribution in [0.25, 0.3) is 11.2 Å². The van der Waals surface area contributed by atoms with Gasteiger partial charge in [-0.25, -0.2) is 4.79 Å². The van der Waals surface area contributed by atoms with E-state index in [-0.39, 0.29) is 18.7 Å². The molecule has 0 aliphatic carbocycles. The lowest BCUT2D eigenvalue weighted by molar-refractivity contribution is 0.0935. The van der Waals surface area contributed by atoms with Crippen molar-refractivity contribution in [2.75, 3.05) is 44.7 Å². The summed E-state index contributed by atoms with van der Waals surface area (Å²) in [5.74, 6) is 1.27. The maximum atomic E-state index is 12.7. The van der Waals surface area contributed by atoms with Crippen LogP contribution in [0.5, 0.6) is 5.75 Å². The van der Waals surface area contributed by atoms with Crippen molar-refractivity contribution in [1.29, 1.82) is 0 Å². The number of anilines is 1. The summed E-state index contributed by atoms with van der Waals surface area (Å²) < 4.78 is 8.83. The summed E-state index contributed by atoms with van der Waals surface area (Å²) in [6.45, 7) is 5.45. The van der Waals surface area contributed by atoms with Crippen LogP contribution in [0.2, 0.25) is 0 Å². The van der Waals surface area contributed by atoms with E-state index in [0.29, 0.717) is 17.3 Å². The fourth-order valence-electron chi connectivity index (χ4n) is 3.95. The van der Waals surface area contributed by atoms with E-state index in [9.17, 15) is 14.7 Å². The molecule has 3 aromatic rings. The van der Waals surface area contributed by atoms with Gasteiger partial charge in [-0.2, -0.15) is 4.98 Å². The molecule has 1 fully saturated rings. The number of rotatable bonds is 7. The van der Waals surface area contributed by atoms with Gasteiger partial charge in [0.25, 0.3) is 5.56 Å². The standard InChI is InChI=1S/C22H30N6O4/c1-4-15-6-5-7-17(12-15)32-14-16(29)13-28-18-19(26(3)22(31)24-20(18)30)23-21(28)27-10-8-25(2)9-11-27/h5-7,12,16,29H,4,8-11,13-14H2,1-3H3,(H,24,30,31)/t16-/m1/s1. The Bertz CT molecular complexity index is 1210. The summed E-state index contributed by atoms with van der Waals surface area (Å²) in [4.78, 5) is 36.1. The van der Waals surface area contributed by atoms with Crippen LogP contribution in [0.3, 0.4) is 0 Å². The van der Waals surface area contributed by atoms with Gasteiger partial charge < -0.3 is 24.2 Å². The van der Waals surface area contributed by atoms with Crippen LogP contribution < -0.4 is 20.9 Å². The highest BCUT2D eigenvalue weighted by atomic mass is 16.5. The number of fused-ring (bicyclic) bond motifs is 1. The lowest BCUT2D eigenvalue weighted by Gasteiger charge is -2.33. The number of nitrogens with zero attached hydrogens (tertiary/aromatic N) is 5. The van der Waals surface area contributed by atoms with Crippen molar-refractivity contribution in [3.63, 3.8) is 0 Å². The Balaban J connectivity index is 1.63. The second-order valence-corrected chi connectivity index (χ2v) is 8.27. The van der Waals surface area contributed by atoms with E-state index in [1.807, 2.05) is 24.3 Å². The molecule has 2 N–H and O–H groups in total. The molecule has 32 heavy (non-hydrogen) atoms. The van der Waals surface area contributed by atoms with Crippen LogP contribution in [-0.4, -0.2) is 75.0 Å². The minimum Gasteiger partial charge on any atom is -0.491 e. The molecule has 172 valence electrons. The number of aliphatic hydroxyl groups excluding tert-OH is 1. The molecule has 3 heterocycles. The quantitative estimate of drug-likeness (QED) is 0.537. The number of aromatic nitrogens is 4. The normalized spacial score (nSPS) is 15.9. The summed E-state index contributed by atoms with van der Waals surface area (Å²) in [5.41, 5.74) is 0.698. The molecular formula is C22H30N6O4. The molecule has 4 rings (SSSR count). The minimum absolute atomic E-state index is 0.0681. The third kappa shape index (κ3) is 4.42. The predicted octanol–water partition coefficient (Wildman–Crippen LogP) is 0.177. The maximum absolute atomic E-state index is 12.7. The molecule has 0 amide bonds. The van der Waals surface area contributed by atoms with E-state index < -0.39 is 17.4 Å². The van der Waals surface area contributed by atoms with Crippen LogP contribution in [0.1, 0.15) is 12.5 Å². The van der Waals surface area contributed by atoms with Crippen molar-refractivity contribution >= 4 is 17.1 Å². The van der Waals surface area contributed by atoms with Gasteiger partial charge in [0.2, 0.25) is 5.95 Å². The van der Waals surface area contributed by atoms with Crippen molar-refractivity contribution in [3.05, 3.63) is 50.7 Å². The summed E-state index contributed by atoms with van der Waals surface area (Å²) in [7, 11) is 3.63. The number of hydrogen-bond acceptors (Lipinski definition) is 7. The lowest BCUT2D eigenvalue weighted by atomic mass is 10.2. The Kier molecular flexibility index (Phi) is 6.33. The first-order chi connectivity index (χ1) is 15.4. The molecule has 0 spiro atoms. The van der Waals surface area contributed by atoms with Gasteiger partial charge in [-0.05, 0) is 31.2 Å². The van der Waals surface area contributed by atoms with Crippen LogP contribution in [0.15, 0.2) is 33.9 Å². The molecule has 1 saturated heterocycles. The molecule has 10 heteroatoms. The first kappa shape index (κ1) is 22.1. The number of aromatic amines is 1. The second kappa shape index (κ2) is 9.17. The molecule has 10 nitrogen and oxygen atoms in total. The first-order valence-electron chi connectivity index (χ1n) is 10.9. The van der Waals surface area contributed by atoms with E-state index in [0.717, 1.165) is 38.2 Å². The zero-order chi connectivity index (χ0) is 22.8. The monoisotopic (exact) mass is 442 g/mol. The Hall–Kier alpha value is -3.11. The SMILES string of the molecule is CCc1cccc(OC[C@H](O)Cn2c(N3CCN(C)CC3)nc3c2c(=O)[nH]c(=O)n3C)c1. The average molecular weight is 443 g/mol. The van der Waals surface area contributed by atoms with Crippen molar-refractivity contribution in [3.8, 4) is 5.75 Å². The molecule has 2 aromatic heterocycles. The Morgan fingerprint density at radius 1 is 1.19 bits per heavy atom. The molecule has 0 saturated carbocycles. The number of likely N-dealkylation sites (N-methyl/N-ethyl adjacent to an activating group) is 1. The number of ether oxygens (including phenoxy) is 1. The molecule has 0 unspecified atom stereocenters. The molecule has 1 atom stereocenters. The van der Waals surface area contributed by atoms with E-state index >= 15 is 0 Å². The van der Waals surface area contributed by atoms with Gasteiger partial charge in [0.1, 0.15) is 18.5 Å². The molecule has 1 aromatic carbocycles. The molecule has 1 aliphatic heterocycles. The third-order valence-corrected chi connectivity index (χ3v) is 5.92. The lowest BCUT2D eigenvalue weighted by Crippen LogP contribution is -2.45. The average Bonchev–Trinajstić information content (AvgIpc) is 3.16. The van der Waals surface area contributed by atoms with Crippen LogP contribution in [0, 0.1) is 0 Å². The summed E-state index contributed by atoms with van der Waals surface area (Å²) in [5, 5.41) is 10.8. The van der Waals surface area contributed by atoms with E-state index in [2.05, 4.69) is 33.7 Å². The second-order valence-electron chi connectivity index (χ2n) is 8.27. The van der Waals surface area contributed by atoms with Gasteiger partial charge in [-0.1, -0.05) is 19.1 Å². The molecule has 0 bridgehead atoms. The number of benzene rings is 1.